The summed E-state index contributed by atoms with van der Waals surface area (Å²) in [6.45, 7) is 2.31. The summed E-state index contributed by atoms with van der Waals surface area (Å²) < 4.78 is 57.2. The predicted octanol–water partition coefficient (Wildman–Crippen LogP) is 7.80. The number of hydrogen-bond acceptors (Lipinski definition) is 2. The van der Waals surface area contributed by atoms with Crippen LogP contribution >= 0.6 is 0 Å². The number of carbonyl (C=O) groups excluding carboxylic acids is 1. The van der Waals surface area contributed by atoms with Crippen molar-refractivity contribution < 1.29 is 27.1 Å². The Morgan fingerprint density at radius 1 is 0.906 bits per heavy atom. The molecule has 4 rings (SSSR count). The van der Waals surface area contributed by atoms with E-state index in [1.54, 1.807) is 0 Å². The van der Waals surface area contributed by atoms with E-state index < -0.39 is 29.3 Å². The lowest BCUT2D eigenvalue weighted by Gasteiger charge is -2.45. The molecular formula is C26H34F4O2. The van der Waals surface area contributed by atoms with Crippen LogP contribution in [0.2, 0.25) is 0 Å². The first-order valence-corrected chi connectivity index (χ1v) is 12.3. The van der Waals surface area contributed by atoms with Gasteiger partial charge in [-0.05, 0) is 106 Å². The monoisotopic (exact) mass is 454 g/mol. The molecule has 3 fully saturated rings. The van der Waals surface area contributed by atoms with Gasteiger partial charge in [-0.2, -0.15) is 13.2 Å². The van der Waals surface area contributed by atoms with Crippen molar-refractivity contribution in [3.05, 3.63) is 29.6 Å². The quantitative estimate of drug-likeness (QED) is 0.264. The molecule has 0 heterocycles. The second-order valence-corrected chi connectivity index (χ2v) is 10.4. The van der Waals surface area contributed by atoms with Crippen molar-refractivity contribution in [3.63, 3.8) is 0 Å². The fraction of sp³-hybridized carbons (Fsp3) is 0.731. The summed E-state index contributed by atoms with van der Waals surface area (Å²) in [7, 11) is 0. The predicted molar refractivity (Wildman–Crippen MR) is 114 cm³/mol. The van der Waals surface area contributed by atoms with Gasteiger partial charge in [0.1, 0.15) is 0 Å². The lowest BCUT2D eigenvalue weighted by molar-refractivity contribution is -0.140. The average molecular weight is 455 g/mol. The first kappa shape index (κ1) is 23.6. The highest BCUT2D eigenvalue weighted by molar-refractivity contribution is 5.75. The minimum Gasteiger partial charge on any atom is -0.423 e. The van der Waals surface area contributed by atoms with Crippen LogP contribution < -0.4 is 4.74 Å². The normalized spacial score (nSPS) is 33.4. The molecule has 32 heavy (non-hydrogen) atoms. The third kappa shape index (κ3) is 5.31. The van der Waals surface area contributed by atoms with Crippen LogP contribution in [0.3, 0.4) is 0 Å². The van der Waals surface area contributed by atoms with E-state index in [-0.39, 0.29) is 5.92 Å². The van der Waals surface area contributed by atoms with Crippen LogP contribution in [0.4, 0.5) is 17.6 Å². The molecule has 0 amide bonds. The fourth-order valence-electron chi connectivity index (χ4n) is 6.60. The minimum absolute atomic E-state index is 0.302. The summed E-state index contributed by atoms with van der Waals surface area (Å²) in [5.41, 5.74) is -1.09. The third-order valence-electron chi connectivity index (χ3n) is 8.58. The van der Waals surface area contributed by atoms with Gasteiger partial charge < -0.3 is 4.74 Å². The Balaban J connectivity index is 1.26. The number of benzene rings is 1. The van der Waals surface area contributed by atoms with Gasteiger partial charge in [0.25, 0.3) is 0 Å². The highest BCUT2D eigenvalue weighted by atomic mass is 19.4. The first-order valence-electron chi connectivity index (χ1n) is 12.3. The molecule has 178 valence electrons. The molecule has 0 radical (unpaired) electrons. The van der Waals surface area contributed by atoms with Gasteiger partial charge in [-0.3, -0.25) is 4.79 Å². The molecule has 0 N–H and O–H groups in total. The maximum atomic E-state index is 14.0. The SMILES string of the molecule is CCC1CCC2CC(C3CCC(C(=O)Oc4ccc(C(F)(F)F)cc4F)CC3)CCC2C1. The Labute approximate surface area is 188 Å². The highest BCUT2D eigenvalue weighted by Gasteiger charge is 2.39. The Kier molecular flexibility index (Phi) is 7.16. The summed E-state index contributed by atoms with van der Waals surface area (Å²) in [6.07, 6.45) is 8.22. The van der Waals surface area contributed by atoms with Crippen LogP contribution in [0.5, 0.6) is 5.75 Å². The molecule has 4 unspecified atom stereocenters. The molecule has 6 heteroatoms. The van der Waals surface area contributed by atoms with E-state index >= 15 is 0 Å². The van der Waals surface area contributed by atoms with Crippen LogP contribution in [-0.2, 0) is 11.0 Å². The second kappa shape index (κ2) is 9.72. The van der Waals surface area contributed by atoms with Crippen molar-refractivity contribution in [1.29, 1.82) is 0 Å². The molecule has 2 nitrogen and oxygen atoms in total. The van der Waals surface area contributed by atoms with Crippen molar-refractivity contribution in [2.45, 2.75) is 83.7 Å². The van der Waals surface area contributed by atoms with Crippen molar-refractivity contribution in [2.75, 3.05) is 0 Å². The summed E-state index contributed by atoms with van der Waals surface area (Å²) in [5, 5.41) is 0. The largest absolute Gasteiger partial charge is 0.423 e. The number of hydrogen-bond donors (Lipinski definition) is 0. The zero-order valence-corrected chi connectivity index (χ0v) is 18.8. The molecule has 3 aliphatic rings. The molecule has 3 aliphatic carbocycles. The maximum absolute atomic E-state index is 14.0. The van der Waals surface area contributed by atoms with Crippen LogP contribution in [0.15, 0.2) is 18.2 Å². The summed E-state index contributed by atoms with van der Waals surface area (Å²) in [6, 6.07) is 2.02. The summed E-state index contributed by atoms with van der Waals surface area (Å²) in [5.74, 6) is 1.70. The molecule has 0 saturated heterocycles. The number of esters is 1. The van der Waals surface area contributed by atoms with Gasteiger partial charge in [0.05, 0.1) is 11.5 Å². The van der Waals surface area contributed by atoms with Crippen LogP contribution in [0.1, 0.15) is 83.1 Å². The maximum Gasteiger partial charge on any atom is 0.416 e. The van der Waals surface area contributed by atoms with Gasteiger partial charge in [-0.25, -0.2) is 4.39 Å². The number of carbonyl (C=O) groups is 1. The van der Waals surface area contributed by atoms with E-state index in [1.165, 1.54) is 44.9 Å². The van der Waals surface area contributed by atoms with E-state index in [0.29, 0.717) is 24.8 Å². The first-order chi connectivity index (χ1) is 15.2. The zero-order valence-electron chi connectivity index (χ0n) is 18.8. The molecule has 0 spiro atoms. The smallest absolute Gasteiger partial charge is 0.416 e. The molecule has 0 aromatic heterocycles. The number of halogens is 4. The zero-order chi connectivity index (χ0) is 22.9. The number of fused-ring (bicyclic) bond motifs is 1. The van der Waals surface area contributed by atoms with E-state index in [4.69, 9.17) is 4.74 Å². The van der Waals surface area contributed by atoms with Gasteiger partial charge in [0, 0.05) is 0 Å². The molecule has 3 saturated carbocycles. The Morgan fingerprint density at radius 2 is 1.50 bits per heavy atom. The van der Waals surface area contributed by atoms with Crippen molar-refractivity contribution >= 4 is 5.97 Å². The van der Waals surface area contributed by atoms with Gasteiger partial charge in [-0.15, -0.1) is 0 Å². The second-order valence-electron chi connectivity index (χ2n) is 10.4. The van der Waals surface area contributed by atoms with E-state index in [1.807, 2.05) is 0 Å². The molecule has 1 aromatic carbocycles. The Morgan fingerprint density at radius 3 is 2.12 bits per heavy atom. The molecule has 0 bridgehead atoms. The summed E-state index contributed by atoms with van der Waals surface area (Å²) in [4.78, 5) is 12.5. The molecular weight excluding hydrogens is 420 g/mol. The standard InChI is InChI=1S/C26H34F4O2/c1-2-16-3-4-21-14-20(10-9-19(21)13-16)17-5-7-18(8-6-17)25(31)32-24-12-11-22(15-23(24)27)26(28,29)30/h11-12,15-21H,2-10,13-14H2,1H3. The van der Waals surface area contributed by atoms with Crippen LogP contribution in [0.25, 0.3) is 0 Å². The molecule has 4 atom stereocenters. The lowest BCUT2D eigenvalue weighted by Crippen LogP contribution is -2.35. The third-order valence-corrected chi connectivity index (χ3v) is 8.58. The lowest BCUT2D eigenvalue weighted by atomic mass is 9.61. The van der Waals surface area contributed by atoms with Crippen LogP contribution in [0, 0.1) is 41.3 Å². The minimum atomic E-state index is -4.63. The van der Waals surface area contributed by atoms with Gasteiger partial charge in [0.2, 0.25) is 0 Å². The van der Waals surface area contributed by atoms with Gasteiger partial charge >= 0.3 is 12.1 Å². The van der Waals surface area contributed by atoms with Crippen molar-refractivity contribution in [2.24, 2.45) is 35.5 Å². The van der Waals surface area contributed by atoms with E-state index in [2.05, 4.69) is 6.92 Å². The average Bonchev–Trinajstić information content (AvgIpc) is 2.79. The Bertz CT molecular complexity index is 798. The fourth-order valence-corrected chi connectivity index (χ4v) is 6.60. The van der Waals surface area contributed by atoms with E-state index in [9.17, 15) is 22.4 Å². The summed E-state index contributed by atoms with van der Waals surface area (Å²) >= 11 is 0. The highest BCUT2D eigenvalue weighted by Crippen LogP contribution is 2.49. The number of rotatable bonds is 4. The van der Waals surface area contributed by atoms with Crippen molar-refractivity contribution in [1.82, 2.24) is 0 Å². The van der Waals surface area contributed by atoms with Gasteiger partial charge in [0.15, 0.2) is 11.6 Å². The number of alkyl halides is 3. The van der Waals surface area contributed by atoms with Crippen LogP contribution in [-0.4, -0.2) is 5.97 Å². The molecule has 0 aliphatic heterocycles. The van der Waals surface area contributed by atoms with E-state index in [0.717, 1.165) is 48.6 Å². The molecule has 1 aromatic rings. The van der Waals surface area contributed by atoms with Gasteiger partial charge in [-0.1, -0.05) is 19.8 Å². The van der Waals surface area contributed by atoms with Crippen molar-refractivity contribution in [3.8, 4) is 5.75 Å². The number of ether oxygens (including phenoxy) is 1. The Hall–Kier alpha value is -1.59. The topological polar surface area (TPSA) is 26.3 Å².